The summed E-state index contributed by atoms with van der Waals surface area (Å²) in [6, 6.07) is 7.49. The number of aromatic amines is 1. The van der Waals surface area contributed by atoms with E-state index in [0.717, 1.165) is 0 Å². The minimum absolute atomic E-state index is 0. The molecule has 0 saturated carbocycles. The Labute approximate surface area is 141 Å². The molecule has 0 bridgehead atoms. The Morgan fingerprint density at radius 2 is 2.09 bits per heavy atom. The normalized spacial score (nSPS) is 11.7. The number of benzene rings is 1. The highest BCUT2D eigenvalue weighted by molar-refractivity contribution is 5.85. The predicted octanol–water partition coefficient (Wildman–Crippen LogP) is 1.39. The maximum atomic E-state index is 11.9. The Hall–Kier alpha value is -1.92. The van der Waals surface area contributed by atoms with Crippen LogP contribution in [0.15, 0.2) is 29.1 Å². The van der Waals surface area contributed by atoms with Gasteiger partial charge in [0, 0.05) is 25.4 Å². The van der Waals surface area contributed by atoms with Crippen LogP contribution in [0.25, 0.3) is 10.9 Å². The molecule has 2 rings (SSSR count). The van der Waals surface area contributed by atoms with Crippen LogP contribution >= 0.6 is 12.4 Å². The molecule has 0 fully saturated rings. The van der Waals surface area contributed by atoms with Gasteiger partial charge in [-0.1, -0.05) is 12.1 Å². The zero-order valence-corrected chi connectivity index (χ0v) is 14.2. The molecule has 1 atom stereocenters. The van der Waals surface area contributed by atoms with E-state index in [-0.39, 0.29) is 29.9 Å². The van der Waals surface area contributed by atoms with Gasteiger partial charge in [0.25, 0.3) is 5.56 Å². The number of H-pyrrole nitrogens is 1. The van der Waals surface area contributed by atoms with E-state index in [9.17, 15) is 9.59 Å². The SMILES string of the molecule is CNC(C)CNC(=O)CCCc1nc2ccccc2c(=O)[nH]1.Cl. The number of likely N-dealkylation sites (N-methyl/N-ethyl adjacent to an activating group) is 1. The summed E-state index contributed by atoms with van der Waals surface area (Å²) < 4.78 is 0. The topological polar surface area (TPSA) is 86.9 Å². The first-order valence-corrected chi connectivity index (χ1v) is 7.52. The standard InChI is InChI=1S/C16H22N4O2.ClH/c1-11(17-2)10-18-15(21)9-5-8-14-19-13-7-4-3-6-12(13)16(22)20-14;/h3-4,6-7,11,17H,5,8-10H2,1-2H3,(H,18,21)(H,19,20,22);1H. The van der Waals surface area contributed by atoms with Gasteiger partial charge in [-0.15, -0.1) is 12.4 Å². The molecule has 126 valence electrons. The highest BCUT2D eigenvalue weighted by Gasteiger charge is 2.06. The molecule has 0 saturated heterocycles. The number of nitrogens with one attached hydrogen (secondary N) is 3. The van der Waals surface area contributed by atoms with Gasteiger partial charge in [0.2, 0.25) is 5.91 Å². The summed E-state index contributed by atoms with van der Waals surface area (Å²) in [7, 11) is 1.86. The van der Waals surface area contributed by atoms with Crippen molar-refractivity contribution in [2.24, 2.45) is 0 Å². The summed E-state index contributed by atoms with van der Waals surface area (Å²) in [4.78, 5) is 30.8. The van der Waals surface area contributed by atoms with Crippen LogP contribution in [0.4, 0.5) is 0 Å². The Morgan fingerprint density at radius 3 is 2.83 bits per heavy atom. The average molecular weight is 339 g/mol. The van der Waals surface area contributed by atoms with Gasteiger partial charge in [0.15, 0.2) is 0 Å². The van der Waals surface area contributed by atoms with E-state index in [1.165, 1.54) is 0 Å². The predicted molar refractivity (Wildman–Crippen MR) is 94.1 cm³/mol. The number of rotatable bonds is 7. The van der Waals surface area contributed by atoms with Gasteiger partial charge in [-0.05, 0) is 32.5 Å². The monoisotopic (exact) mass is 338 g/mol. The number of amides is 1. The van der Waals surface area contributed by atoms with Crippen molar-refractivity contribution >= 4 is 29.2 Å². The quantitative estimate of drug-likeness (QED) is 0.712. The number of aromatic nitrogens is 2. The lowest BCUT2D eigenvalue weighted by Crippen LogP contribution is -2.37. The van der Waals surface area contributed by atoms with Crippen LogP contribution in [0.2, 0.25) is 0 Å². The Bertz CT molecular complexity index is 702. The van der Waals surface area contributed by atoms with Crippen molar-refractivity contribution in [1.82, 2.24) is 20.6 Å². The second-order valence-corrected chi connectivity index (χ2v) is 5.38. The van der Waals surface area contributed by atoms with E-state index in [1.807, 2.05) is 32.2 Å². The number of hydrogen-bond acceptors (Lipinski definition) is 4. The van der Waals surface area contributed by atoms with Crippen LogP contribution in [0, 0.1) is 0 Å². The minimum Gasteiger partial charge on any atom is -0.355 e. The molecule has 3 N–H and O–H groups in total. The fourth-order valence-electron chi connectivity index (χ4n) is 2.13. The van der Waals surface area contributed by atoms with E-state index in [2.05, 4.69) is 20.6 Å². The molecule has 0 spiro atoms. The summed E-state index contributed by atoms with van der Waals surface area (Å²) in [5, 5.41) is 6.52. The maximum Gasteiger partial charge on any atom is 0.258 e. The minimum atomic E-state index is -0.132. The summed E-state index contributed by atoms with van der Waals surface area (Å²) in [5.74, 6) is 0.644. The molecule has 1 aromatic carbocycles. The fraction of sp³-hybridized carbons (Fsp3) is 0.438. The van der Waals surface area contributed by atoms with Gasteiger partial charge in [-0.2, -0.15) is 0 Å². The largest absolute Gasteiger partial charge is 0.355 e. The third-order valence-electron chi connectivity index (χ3n) is 3.58. The molecule has 0 radical (unpaired) electrons. The number of aryl methyl sites for hydroxylation is 1. The van der Waals surface area contributed by atoms with E-state index in [4.69, 9.17) is 0 Å². The molecule has 2 aromatic rings. The van der Waals surface area contributed by atoms with Crippen LogP contribution in [0.1, 0.15) is 25.6 Å². The lowest BCUT2D eigenvalue weighted by molar-refractivity contribution is -0.121. The van der Waals surface area contributed by atoms with Crippen LogP contribution in [-0.4, -0.2) is 35.5 Å². The fourth-order valence-corrected chi connectivity index (χ4v) is 2.13. The number of halogens is 1. The summed E-state index contributed by atoms with van der Waals surface area (Å²) in [5.41, 5.74) is 0.557. The number of hydrogen-bond donors (Lipinski definition) is 3. The highest BCUT2D eigenvalue weighted by Crippen LogP contribution is 2.07. The summed E-state index contributed by atoms with van der Waals surface area (Å²) in [6.07, 6.45) is 1.66. The molecule has 1 unspecified atom stereocenters. The van der Waals surface area contributed by atoms with Crippen molar-refractivity contribution in [3.63, 3.8) is 0 Å². The van der Waals surface area contributed by atoms with Gasteiger partial charge in [-0.25, -0.2) is 4.98 Å². The Balaban J connectivity index is 0.00000264. The van der Waals surface area contributed by atoms with E-state index in [0.29, 0.717) is 42.5 Å². The first kappa shape index (κ1) is 19.1. The van der Waals surface area contributed by atoms with Crippen molar-refractivity contribution in [2.45, 2.75) is 32.2 Å². The maximum absolute atomic E-state index is 11.9. The molecule has 1 heterocycles. The third kappa shape index (κ3) is 5.65. The molecule has 0 aliphatic heterocycles. The first-order valence-electron chi connectivity index (χ1n) is 7.52. The van der Waals surface area contributed by atoms with Crippen molar-refractivity contribution < 1.29 is 4.79 Å². The zero-order chi connectivity index (χ0) is 15.9. The molecule has 23 heavy (non-hydrogen) atoms. The summed E-state index contributed by atoms with van der Waals surface area (Å²) in [6.45, 7) is 2.62. The van der Waals surface area contributed by atoms with Crippen LogP contribution < -0.4 is 16.2 Å². The Morgan fingerprint density at radius 1 is 1.35 bits per heavy atom. The van der Waals surface area contributed by atoms with Crippen molar-refractivity contribution in [2.75, 3.05) is 13.6 Å². The molecular weight excluding hydrogens is 316 g/mol. The lowest BCUT2D eigenvalue weighted by Gasteiger charge is -2.11. The second kappa shape index (κ2) is 9.27. The van der Waals surface area contributed by atoms with Crippen molar-refractivity contribution in [3.8, 4) is 0 Å². The van der Waals surface area contributed by atoms with E-state index in [1.54, 1.807) is 6.07 Å². The Kier molecular flexibility index (Phi) is 7.71. The number of nitrogens with zero attached hydrogens (tertiary/aromatic N) is 1. The number of carbonyl (C=O) groups is 1. The van der Waals surface area contributed by atoms with E-state index < -0.39 is 0 Å². The highest BCUT2D eigenvalue weighted by atomic mass is 35.5. The second-order valence-electron chi connectivity index (χ2n) is 5.38. The first-order chi connectivity index (χ1) is 10.6. The van der Waals surface area contributed by atoms with Gasteiger partial charge in [0.05, 0.1) is 10.9 Å². The third-order valence-corrected chi connectivity index (χ3v) is 3.58. The molecule has 1 amide bonds. The van der Waals surface area contributed by atoms with Gasteiger partial charge < -0.3 is 15.6 Å². The smallest absolute Gasteiger partial charge is 0.258 e. The van der Waals surface area contributed by atoms with Crippen LogP contribution in [0.3, 0.4) is 0 Å². The molecule has 1 aromatic heterocycles. The van der Waals surface area contributed by atoms with E-state index >= 15 is 0 Å². The number of carbonyl (C=O) groups excluding carboxylic acids is 1. The molecule has 0 aliphatic carbocycles. The summed E-state index contributed by atoms with van der Waals surface area (Å²) >= 11 is 0. The van der Waals surface area contributed by atoms with Gasteiger partial charge in [0.1, 0.15) is 5.82 Å². The molecular formula is C16H23ClN4O2. The average Bonchev–Trinajstić information content (AvgIpc) is 2.52. The van der Waals surface area contributed by atoms with Gasteiger partial charge in [-0.3, -0.25) is 9.59 Å². The number of para-hydroxylation sites is 1. The van der Waals surface area contributed by atoms with Crippen molar-refractivity contribution in [1.29, 1.82) is 0 Å². The lowest BCUT2D eigenvalue weighted by atomic mass is 10.2. The molecule has 0 aliphatic rings. The van der Waals surface area contributed by atoms with Gasteiger partial charge >= 0.3 is 0 Å². The molecule has 6 nitrogen and oxygen atoms in total. The molecule has 7 heteroatoms. The van der Waals surface area contributed by atoms with Crippen LogP contribution in [0.5, 0.6) is 0 Å². The number of fused-ring (bicyclic) bond motifs is 1. The van der Waals surface area contributed by atoms with Crippen molar-refractivity contribution in [3.05, 3.63) is 40.4 Å². The van der Waals surface area contributed by atoms with Crippen LogP contribution in [-0.2, 0) is 11.2 Å². The zero-order valence-electron chi connectivity index (χ0n) is 13.4.